The number of phenolic OH excluding ortho intramolecular Hbond substituents is 4. The normalized spacial score (nSPS) is 11.7. The van der Waals surface area contributed by atoms with E-state index in [1.807, 2.05) is 37.5 Å². The zero-order valence-corrected chi connectivity index (χ0v) is 46.3. The molecule has 0 saturated carbocycles. The Kier molecular flexibility index (Phi) is 13.8. The second-order valence-electron chi connectivity index (χ2n) is 22.8. The first-order chi connectivity index (χ1) is 38.4. The fourth-order valence-corrected chi connectivity index (χ4v) is 10.7. The smallest absolute Gasteiger partial charge is 0.168 e. The Morgan fingerprint density at radius 2 is 0.625 bits per heavy atom. The second kappa shape index (κ2) is 21.0. The lowest BCUT2D eigenvalue weighted by Crippen LogP contribution is -2.11. The zero-order chi connectivity index (χ0) is 56.0. The van der Waals surface area contributed by atoms with Gasteiger partial charge in [-0.25, -0.2) is 0 Å². The number of benzene rings is 8. The van der Waals surface area contributed by atoms with E-state index in [0.717, 1.165) is 94.8 Å². The summed E-state index contributed by atoms with van der Waals surface area (Å²) in [6.45, 7) is 15.2. The van der Waals surface area contributed by atoms with Crippen LogP contribution in [0, 0.1) is 6.92 Å². The van der Waals surface area contributed by atoms with Gasteiger partial charge in [0.15, 0.2) is 23.0 Å². The minimum Gasteiger partial charge on any atom is -0.505 e. The molecule has 80 heavy (non-hydrogen) atoms. The van der Waals surface area contributed by atoms with Crippen molar-refractivity contribution in [1.29, 1.82) is 0 Å². The summed E-state index contributed by atoms with van der Waals surface area (Å²) in [6.07, 6.45) is 5.35. The molecular formula is C72H62BN3O4. The first-order valence-electron chi connectivity index (χ1n) is 27.0. The Morgan fingerprint density at radius 1 is 0.325 bits per heavy atom. The fourth-order valence-electron chi connectivity index (χ4n) is 10.7. The average Bonchev–Trinajstić information content (AvgIpc) is 3.55. The summed E-state index contributed by atoms with van der Waals surface area (Å²) in [5, 5.41) is 42.7. The minimum absolute atomic E-state index is 0.00685. The van der Waals surface area contributed by atoms with Crippen LogP contribution in [0.4, 0.5) is 0 Å². The average molecular weight is 1040 g/mol. The van der Waals surface area contributed by atoms with Crippen LogP contribution in [0.5, 0.6) is 23.0 Å². The summed E-state index contributed by atoms with van der Waals surface area (Å²) in [5.41, 5.74) is 22.1. The van der Waals surface area contributed by atoms with Crippen LogP contribution in [0.25, 0.3) is 112 Å². The Balaban J connectivity index is 1.00. The highest BCUT2D eigenvalue weighted by Crippen LogP contribution is 2.48. The third kappa shape index (κ3) is 10.2. The Bertz CT molecular complexity index is 3950. The number of phenols is 4. The summed E-state index contributed by atoms with van der Waals surface area (Å²) in [6, 6.07) is 69.2. The Hall–Kier alpha value is -9.53. The molecule has 11 rings (SSSR count). The van der Waals surface area contributed by atoms with Crippen molar-refractivity contribution in [2.45, 2.75) is 59.3 Å². The van der Waals surface area contributed by atoms with E-state index in [1.165, 1.54) is 25.2 Å². The monoisotopic (exact) mass is 1040 g/mol. The lowest BCUT2D eigenvalue weighted by atomic mass is 9.85. The van der Waals surface area contributed by atoms with Gasteiger partial charge in [0.1, 0.15) is 7.85 Å². The van der Waals surface area contributed by atoms with Gasteiger partial charge in [-0.2, -0.15) is 0 Å². The predicted octanol–water partition coefficient (Wildman–Crippen LogP) is 16.5. The molecule has 0 spiro atoms. The van der Waals surface area contributed by atoms with Gasteiger partial charge >= 0.3 is 0 Å². The minimum atomic E-state index is -0.521. The molecule has 0 amide bonds. The largest absolute Gasteiger partial charge is 0.505 e. The summed E-state index contributed by atoms with van der Waals surface area (Å²) < 4.78 is 0. The summed E-state index contributed by atoms with van der Waals surface area (Å²) in [5.74, 6) is -2.04. The zero-order valence-electron chi connectivity index (χ0n) is 46.3. The molecule has 0 unspecified atom stereocenters. The van der Waals surface area contributed by atoms with Gasteiger partial charge in [-0.3, -0.25) is 15.0 Å². The van der Waals surface area contributed by atoms with Gasteiger partial charge in [-0.15, -0.1) is 0 Å². The highest BCUT2D eigenvalue weighted by Gasteiger charge is 2.24. The van der Waals surface area contributed by atoms with E-state index in [4.69, 9.17) is 15.0 Å². The number of hydrogen-bond donors (Lipinski definition) is 4. The van der Waals surface area contributed by atoms with E-state index in [2.05, 4.69) is 217 Å². The predicted molar refractivity (Wildman–Crippen MR) is 331 cm³/mol. The summed E-state index contributed by atoms with van der Waals surface area (Å²) >= 11 is 0. The van der Waals surface area contributed by atoms with Gasteiger partial charge in [0.25, 0.3) is 0 Å². The molecule has 392 valence electrons. The molecular weight excluding hydrogens is 982 g/mol. The number of aromatic hydroxyl groups is 4. The van der Waals surface area contributed by atoms with Crippen LogP contribution in [0.1, 0.15) is 58.2 Å². The molecule has 0 saturated heterocycles. The molecule has 0 atom stereocenters. The van der Waals surface area contributed by atoms with Gasteiger partial charge < -0.3 is 20.4 Å². The van der Waals surface area contributed by atoms with Crippen LogP contribution in [-0.4, -0.2) is 43.2 Å². The van der Waals surface area contributed by atoms with Crippen molar-refractivity contribution in [2.75, 3.05) is 0 Å². The topological polar surface area (TPSA) is 120 Å². The quantitative estimate of drug-likeness (QED) is 0.0612. The van der Waals surface area contributed by atoms with E-state index < -0.39 is 23.0 Å². The molecule has 0 aliphatic carbocycles. The van der Waals surface area contributed by atoms with Crippen LogP contribution in [0.3, 0.4) is 0 Å². The number of pyridine rings is 3. The number of nitrogens with zero attached hydrogens (tertiary/aromatic N) is 3. The Morgan fingerprint density at radius 3 is 0.938 bits per heavy atom. The van der Waals surface area contributed by atoms with E-state index >= 15 is 0 Å². The standard InChI is InChI=1S/C72H62BN3O4/c1-43-36-62(76-42-61(43)65-67(77)69(79)66(73)70(80)68(65)78)47-26-20-44(21-27-47)55-14-8-11-17-58(55)50-37-51(59-18-12-9-15-56(59)45-22-28-48(29-23-45)63-40-53(32-34-74-63)71(2,3)4)39-52(38-50)60-19-13-10-16-57(60)46-24-30-49(31-25-46)64-41-54(33-35-75-64)72(5,6)7/h8-42,77-80H,73H2,1-7H3. The molecule has 3 heterocycles. The van der Waals surface area contributed by atoms with Crippen LogP contribution >= 0.6 is 0 Å². The fraction of sp³-hybridized carbons (Fsp3) is 0.125. The third-order valence-corrected chi connectivity index (χ3v) is 15.4. The molecule has 4 N–H and O–H groups in total. The first kappa shape index (κ1) is 52.5. The molecule has 8 aromatic carbocycles. The van der Waals surface area contributed by atoms with Gasteiger partial charge in [0.2, 0.25) is 0 Å². The summed E-state index contributed by atoms with van der Waals surface area (Å²) in [4.78, 5) is 14.3. The van der Waals surface area contributed by atoms with Crippen molar-refractivity contribution in [3.8, 4) is 135 Å². The molecule has 7 nitrogen and oxygen atoms in total. The molecule has 11 aromatic rings. The van der Waals surface area contributed by atoms with E-state index in [-0.39, 0.29) is 21.9 Å². The van der Waals surface area contributed by atoms with Crippen molar-refractivity contribution in [3.63, 3.8) is 0 Å². The summed E-state index contributed by atoms with van der Waals surface area (Å²) in [7, 11) is 1.42. The van der Waals surface area contributed by atoms with E-state index in [1.54, 1.807) is 0 Å². The number of aryl methyl sites for hydroxylation is 1. The van der Waals surface area contributed by atoms with Crippen LogP contribution in [-0.2, 0) is 10.8 Å². The van der Waals surface area contributed by atoms with E-state index in [9.17, 15) is 20.4 Å². The van der Waals surface area contributed by atoms with Crippen LogP contribution in [0.2, 0.25) is 0 Å². The van der Waals surface area contributed by atoms with Gasteiger partial charge in [-0.05, 0) is 150 Å². The van der Waals surface area contributed by atoms with Crippen LogP contribution < -0.4 is 5.46 Å². The van der Waals surface area contributed by atoms with Gasteiger partial charge in [0.05, 0.1) is 22.6 Å². The van der Waals surface area contributed by atoms with Crippen molar-refractivity contribution in [3.05, 3.63) is 229 Å². The van der Waals surface area contributed by atoms with Crippen molar-refractivity contribution in [2.24, 2.45) is 0 Å². The molecule has 0 aliphatic rings. The van der Waals surface area contributed by atoms with Crippen LogP contribution in [0.15, 0.2) is 213 Å². The molecule has 0 aliphatic heterocycles. The van der Waals surface area contributed by atoms with Crippen molar-refractivity contribution >= 4 is 13.3 Å². The Labute approximate surface area is 469 Å². The highest BCUT2D eigenvalue weighted by molar-refractivity contribution is 6.37. The second-order valence-corrected chi connectivity index (χ2v) is 22.8. The number of rotatable bonds is 10. The lowest BCUT2D eigenvalue weighted by molar-refractivity contribution is 0.380. The maximum Gasteiger partial charge on any atom is 0.168 e. The molecule has 0 radical (unpaired) electrons. The molecule has 8 heteroatoms. The van der Waals surface area contributed by atoms with Crippen molar-refractivity contribution in [1.82, 2.24) is 15.0 Å². The maximum atomic E-state index is 10.8. The highest BCUT2D eigenvalue weighted by atomic mass is 16.3. The van der Waals surface area contributed by atoms with E-state index in [0.29, 0.717) is 16.8 Å². The first-order valence-corrected chi connectivity index (χ1v) is 27.0. The molecule has 3 aromatic heterocycles. The number of hydrogen-bond acceptors (Lipinski definition) is 7. The molecule has 0 bridgehead atoms. The SMILES string of the molecule is Bc1c(O)c(O)c(-c2cnc(-c3ccc(-c4ccccc4-c4cc(-c5ccccc5-c5ccc(-c6cc(C(C)(C)C)ccn6)cc5)cc(-c5ccccc5-c5ccc(-c6cc(C(C)(C)C)ccn6)cc5)c4)cc3)cc2C)c(O)c1O. The van der Waals surface area contributed by atoms with Gasteiger partial charge in [0, 0.05) is 46.3 Å². The van der Waals surface area contributed by atoms with Gasteiger partial charge in [-0.1, -0.05) is 187 Å². The number of aromatic nitrogens is 3. The van der Waals surface area contributed by atoms with Crippen molar-refractivity contribution < 1.29 is 20.4 Å². The maximum absolute atomic E-state index is 10.8. The third-order valence-electron chi connectivity index (χ3n) is 15.4. The lowest BCUT2D eigenvalue weighted by Gasteiger charge is -2.19. The molecule has 0 fully saturated rings.